The monoisotopic (exact) mass is 358 g/mol. The van der Waals surface area contributed by atoms with Crippen molar-refractivity contribution in [1.29, 1.82) is 0 Å². The van der Waals surface area contributed by atoms with Gasteiger partial charge in [0.15, 0.2) is 0 Å². The molecule has 5 heteroatoms. The Kier molecular flexibility index (Phi) is 3.64. The van der Waals surface area contributed by atoms with E-state index in [9.17, 15) is 4.79 Å². The summed E-state index contributed by atoms with van der Waals surface area (Å²) in [5.41, 5.74) is 3.26. The fraction of sp³-hybridized carbons (Fsp3) is 0.318. The first-order valence-electron chi connectivity index (χ1n) is 9.47. The molecule has 136 valence electrons. The minimum Gasteiger partial charge on any atom is -0.364 e. The van der Waals surface area contributed by atoms with Crippen LogP contribution in [0, 0.1) is 11.8 Å². The van der Waals surface area contributed by atoms with Crippen molar-refractivity contribution in [3.05, 3.63) is 77.1 Å². The van der Waals surface area contributed by atoms with E-state index in [1.807, 2.05) is 36.7 Å². The summed E-state index contributed by atoms with van der Waals surface area (Å²) in [7, 11) is 0. The number of nitrogens with zero attached hydrogens (tertiary/aromatic N) is 3. The van der Waals surface area contributed by atoms with Crippen LogP contribution in [0.3, 0.4) is 0 Å². The van der Waals surface area contributed by atoms with Crippen molar-refractivity contribution in [2.45, 2.75) is 31.8 Å². The van der Waals surface area contributed by atoms with Crippen molar-refractivity contribution in [3.63, 3.8) is 0 Å². The van der Waals surface area contributed by atoms with Crippen molar-refractivity contribution < 1.29 is 0 Å². The first-order valence-corrected chi connectivity index (χ1v) is 9.47. The van der Waals surface area contributed by atoms with Gasteiger partial charge in [-0.3, -0.25) is 9.78 Å². The van der Waals surface area contributed by atoms with Gasteiger partial charge < -0.3 is 9.88 Å². The van der Waals surface area contributed by atoms with E-state index in [4.69, 9.17) is 0 Å². The van der Waals surface area contributed by atoms with Gasteiger partial charge in [0.2, 0.25) is 0 Å². The van der Waals surface area contributed by atoms with Gasteiger partial charge in [-0.15, -0.1) is 0 Å². The summed E-state index contributed by atoms with van der Waals surface area (Å²) in [5, 5.41) is 3.63. The van der Waals surface area contributed by atoms with Crippen LogP contribution in [-0.4, -0.2) is 20.1 Å². The molecule has 3 saturated carbocycles. The summed E-state index contributed by atoms with van der Waals surface area (Å²) >= 11 is 0. The minimum atomic E-state index is -0.0218. The summed E-state index contributed by atoms with van der Waals surface area (Å²) in [6, 6.07) is 11.4. The summed E-state index contributed by atoms with van der Waals surface area (Å²) in [6.45, 7) is 2.83. The summed E-state index contributed by atoms with van der Waals surface area (Å²) in [6.07, 6.45) is 9.84. The zero-order chi connectivity index (χ0) is 18.4. The minimum absolute atomic E-state index is 0.0218. The van der Waals surface area contributed by atoms with Crippen LogP contribution in [0.15, 0.2) is 66.0 Å². The standard InChI is InChI=1S/C22H22N4O/c1-15-19-9-22(15,10-19)25-20-6-4-17(12-24-20)18-5-7-21(27)26(14-18)13-16-3-2-8-23-11-16/h2-8,11-12,14-15,19H,9-10,13H2,1H3,(H,24,25)/t15-,19?,22?/m1/s1. The molecule has 3 aromatic rings. The fourth-order valence-corrected chi connectivity index (χ4v) is 4.36. The molecule has 0 radical (unpaired) electrons. The van der Waals surface area contributed by atoms with Gasteiger partial charge in [0, 0.05) is 42.0 Å². The third-order valence-corrected chi connectivity index (χ3v) is 6.36. The summed E-state index contributed by atoms with van der Waals surface area (Å²) < 4.78 is 1.71. The van der Waals surface area contributed by atoms with Crippen LogP contribution in [-0.2, 0) is 6.54 Å². The Hall–Kier alpha value is -2.95. The molecule has 2 bridgehead atoms. The topological polar surface area (TPSA) is 59.8 Å². The Morgan fingerprint density at radius 3 is 2.63 bits per heavy atom. The average Bonchev–Trinajstić information content (AvgIpc) is 2.68. The van der Waals surface area contributed by atoms with Crippen LogP contribution in [0.1, 0.15) is 25.3 Å². The highest BCUT2D eigenvalue weighted by molar-refractivity contribution is 5.63. The van der Waals surface area contributed by atoms with Crippen molar-refractivity contribution in [2.24, 2.45) is 11.8 Å². The first kappa shape index (κ1) is 16.2. The summed E-state index contributed by atoms with van der Waals surface area (Å²) in [5.74, 6) is 2.61. The van der Waals surface area contributed by atoms with Gasteiger partial charge in [0.25, 0.3) is 5.56 Å². The Morgan fingerprint density at radius 1 is 1.15 bits per heavy atom. The first-order chi connectivity index (χ1) is 13.1. The summed E-state index contributed by atoms with van der Waals surface area (Å²) in [4.78, 5) is 20.9. The number of hydrogen-bond donors (Lipinski definition) is 1. The lowest BCUT2D eigenvalue weighted by atomic mass is 9.43. The van der Waals surface area contributed by atoms with Gasteiger partial charge in [-0.1, -0.05) is 13.0 Å². The van der Waals surface area contributed by atoms with E-state index in [0.717, 1.165) is 34.3 Å². The lowest BCUT2D eigenvalue weighted by Crippen LogP contribution is -2.70. The molecule has 5 nitrogen and oxygen atoms in total. The Balaban J connectivity index is 1.36. The zero-order valence-electron chi connectivity index (χ0n) is 15.3. The molecule has 0 unspecified atom stereocenters. The number of rotatable bonds is 5. The Bertz CT molecular complexity index is 1020. The van der Waals surface area contributed by atoms with Crippen molar-refractivity contribution in [3.8, 4) is 11.1 Å². The molecule has 3 heterocycles. The second-order valence-electron chi connectivity index (χ2n) is 7.92. The molecular weight excluding hydrogens is 336 g/mol. The van der Waals surface area contributed by atoms with E-state index in [1.165, 1.54) is 12.8 Å². The number of nitrogens with one attached hydrogen (secondary N) is 1. The third kappa shape index (κ3) is 2.74. The smallest absolute Gasteiger partial charge is 0.250 e. The van der Waals surface area contributed by atoms with E-state index in [1.54, 1.807) is 23.0 Å². The highest BCUT2D eigenvalue weighted by atomic mass is 16.1. The van der Waals surface area contributed by atoms with Crippen LogP contribution >= 0.6 is 0 Å². The van der Waals surface area contributed by atoms with Gasteiger partial charge in [-0.2, -0.15) is 0 Å². The molecule has 0 aromatic carbocycles. The molecule has 0 saturated heterocycles. The van der Waals surface area contributed by atoms with E-state index < -0.39 is 0 Å². The quantitative estimate of drug-likeness (QED) is 0.757. The average molecular weight is 358 g/mol. The largest absolute Gasteiger partial charge is 0.364 e. The number of anilines is 1. The maximum absolute atomic E-state index is 12.2. The SMILES string of the molecule is C[C@@H]1C2CC1(Nc1ccc(-c3ccc(=O)n(Cc4cccnc4)c3)cn1)C2. The molecule has 1 atom stereocenters. The van der Waals surface area contributed by atoms with Crippen molar-refractivity contribution in [1.82, 2.24) is 14.5 Å². The Morgan fingerprint density at radius 2 is 2.00 bits per heavy atom. The van der Waals surface area contributed by atoms with Crippen molar-refractivity contribution >= 4 is 5.82 Å². The molecule has 3 aliphatic rings. The molecule has 0 aliphatic heterocycles. The van der Waals surface area contributed by atoms with Gasteiger partial charge in [-0.05, 0) is 60.1 Å². The van der Waals surface area contributed by atoms with Crippen LogP contribution < -0.4 is 10.9 Å². The highest BCUT2D eigenvalue weighted by Crippen LogP contribution is 2.62. The molecule has 3 aromatic heterocycles. The number of pyridine rings is 3. The maximum Gasteiger partial charge on any atom is 0.250 e. The van der Waals surface area contributed by atoms with E-state index >= 15 is 0 Å². The van der Waals surface area contributed by atoms with Gasteiger partial charge in [0.1, 0.15) is 5.82 Å². The fourth-order valence-electron chi connectivity index (χ4n) is 4.36. The molecule has 6 rings (SSSR count). The molecule has 0 spiro atoms. The maximum atomic E-state index is 12.2. The van der Waals surface area contributed by atoms with Crippen LogP contribution in [0.5, 0.6) is 0 Å². The molecular formula is C22H22N4O. The third-order valence-electron chi connectivity index (χ3n) is 6.36. The predicted molar refractivity (Wildman–Crippen MR) is 106 cm³/mol. The van der Waals surface area contributed by atoms with Crippen LogP contribution in [0.2, 0.25) is 0 Å². The second-order valence-corrected chi connectivity index (χ2v) is 7.92. The normalized spacial score (nSPS) is 25.4. The predicted octanol–water partition coefficient (Wildman–Crippen LogP) is 3.56. The van der Waals surface area contributed by atoms with Gasteiger partial charge >= 0.3 is 0 Å². The zero-order valence-corrected chi connectivity index (χ0v) is 15.3. The molecule has 27 heavy (non-hydrogen) atoms. The van der Waals surface area contributed by atoms with E-state index in [2.05, 4.69) is 28.3 Å². The lowest BCUT2D eigenvalue weighted by Gasteiger charge is -2.67. The second kappa shape index (κ2) is 6.05. The lowest BCUT2D eigenvalue weighted by molar-refractivity contribution is -0.0811. The molecule has 3 fully saturated rings. The molecule has 3 aliphatic carbocycles. The molecule has 1 N–H and O–H groups in total. The van der Waals surface area contributed by atoms with Gasteiger partial charge in [0.05, 0.1) is 6.54 Å². The van der Waals surface area contributed by atoms with Crippen LogP contribution in [0.4, 0.5) is 5.82 Å². The molecule has 0 amide bonds. The van der Waals surface area contributed by atoms with E-state index in [0.29, 0.717) is 6.54 Å². The number of aromatic nitrogens is 3. The van der Waals surface area contributed by atoms with Gasteiger partial charge in [-0.25, -0.2) is 4.98 Å². The van der Waals surface area contributed by atoms with Crippen LogP contribution in [0.25, 0.3) is 11.1 Å². The van der Waals surface area contributed by atoms with E-state index in [-0.39, 0.29) is 11.1 Å². The highest BCUT2D eigenvalue weighted by Gasteiger charge is 2.63. The Labute approximate surface area is 158 Å². The number of hydrogen-bond acceptors (Lipinski definition) is 4. The van der Waals surface area contributed by atoms with Crippen molar-refractivity contribution in [2.75, 3.05) is 5.32 Å².